The maximum Gasteiger partial charge on any atom is 0.293 e. The molecule has 9 nitrogen and oxygen atoms in total. The average Bonchev–Trinajstić information content (AvgIpc) is 2.98. The molecule has 0 aliphatic heterocycles. The SMILES string of the molecule is COc1nnc(C2CC2c2cc(-c3cc(C)c4nnc(C)n4n3)n(C)n2)s1. The minimum absolute atomic E-state index is 0.365. The summed E-state index contributed by atoms with van der Waals surface area (Å²) in [6.45, 7) is 3.92. The molecular weight excluding hydrogens is 364 g/mol. The molecule has 4 heterocycles. The predicted octanol–water partition coefficient (Wildman–Crippen LogP) is 2.27. The van der Waals surface area contributed by atoms with E-state index in [1.807, 2.05) is 31.6 Å². The van der Waals surface area contributed by atoms with Gasteiger partial charge in [0.15, 0.2) is 11.5 Å². The van der Waals surface area contributed by atoms with E-state index in [1.54, 1.807) is 11.6 Å². The molecule has 1 aliphatic rings. The molecule has 0 N–H and O–H groups in total. The van der Waals surface area contributed by atoms with Crippen molar-refractivity contribution in [2.24, 2.45) is 7.05 Å². The van der Waals surface area contributed by atoms with Crippen molar-refractivity contribution < 1.29 is 4.74 Å². The van der Waals surface area contributed by atoms with Crippen LogP contribution in [0.15, 0.2) is 12.1 Å². The number of fused-ring (bicyclic) bond motifs is 1. The van der Waals surface area contributed by atoms with Crippen LogP contribution < -0.4 is 4.74 Å². The predicted molar refractivity (Wildman–Crippen MR) is 99.0 cm³/mol. The molecule has 2 unspecified atom stereocenters. The van der Waals surface area contributed by atoms with Crippen LogP contribution >= 0.6 is 11.3 Å². The molecule has 4 aromatic heterocycles. The summed E-state index contributed by atoms with van der Waals surface area (Å²) in [5.74, 6) is 1.50. The molecule has 0 aromatic carbocycles. The highest BCUT2D eigenvalue weighted by molar-refractivity contribution is 7.13. The second kappa shape index (κ2) is 5.81. The first-order valence-corrected chi connectivity index (χ1v) is 9.48. The third-order valence-electron chi connectivity index (χ3n) is 4.96. The molecule has 0 bridgehead atoms. The quantitative estimate of drug-likeness (QED) is 0.534. The molecule has 138 valence electrons. The van der Waals surface area contributed by atoms with Crippen molar-refractivity contribution in [3.05, 3.63) is 34.2 Å². The number of hydrogen-bond acceptors (Lipinski definition) is 8. The maximum absolute atomic E-state index is 5.15. The summed E-state index contributed by atoms with van der Waals surface area (Å²) in [4.78, 5) is 0. The summed E-state index contributed by atoms with van der Waals surface area (Å²) in [6.07, 6.45) is 1.03. The number of aromatic nitrogens is 8. The Morgan fingerprint density at radius 1 is 1.07 bits per heavy atom. The molecular formula is C17H18N8OS. The van der Waals surface area contributed by atoms with Crippen LogP contribution in [0.2, 0.25) is 0 Å². The van der Waals surface area contributed by atoms with E-state index >= 15 is 0 Å². The fourth-order valence-electron chi connectivity index (χ4n) is 3.41. The molecule has 2 atom stereocenters. The van der Waals surface area contributed by atoms with E-state index in [0.717, 1.165) is 45.5 Å². The Labute approximate surface area is 159 Å². The molecule has 5 rings (SSSR count). The second-order valence-electron chi connectivity index (χ2n) is 6.83. The first kappa shape index (κ1) is 16.3. The van der Waals surface area contributed by atoms with Crippen LogP contribution in [0.5, 0.6) is 5.19 Å². The monoisotopic (exact) mass is 382 g/mol. The summed E-state index contributed by atoms with van der Waals surface area (Å²) >= 11 is 1.51. The van der Waals surface area contributed by atoms with Crippen molar-refractivity contribution >= 4 is 17.0 Å². The van der Waals surface area contributed by atoms with E-state index in [2.05, 4.69) is 26.5 Å². The fraction of sp³-hybridized carbons (Fsp3) is 0.412. The minimum Gasteiger partial charge on any atom is -0.472 e. The molecule has 4 aromatic rings. The van der Waals surface area contributed by atoms with Gasteiger partial charge in [-0.25, -0.2) is 0 Å². The molecule has 27 heavy (non-hydrogen) atoms. The second-order valence-corrected chi connectivity index (χ2v) is 7.80. The topological polar surface area (TPSA) is 95.9 Å². The highest BCUT2D eigenvalue weighted by Crippen LogP contribution is 2.55. The van der Waals surface area contributed by atoms with Gasteiger partial charge in [-0.3, -0.25) is 4.68 Å². The van der Waals surface area contributed by atoms with Crippen LogP contribution in [0.25, 0.3) is 17.0 Å². The summed E-state index contributed by atoms with van der Waals surface area (Å²) in [5.41, 5.74) is 4.72. The van der Waals surface area contributed by atoms with Crippen molar-refractivity contribution in [2.45, 2.75) is 32.1 Å². The van der Waals surface area contributed by atoms with E-state index in [0.29, 0.717) is 17.0 Å². The zero-order valence-electron chi connectivity index (χ0n) is 15.4. The molecule has 1 saturated carbocycles. The van der Waals surface area contributed by atoms with Crippen LogP contribution in [-0.4, -0.2) is 46.9 Å². The van der Waals surface area contributed by atoms with Gasteiger partial charge in [0, 0.05) is 18.9 Å². The Bertz CT molecular complexity index is 1160. The number of rotatable bonds is 4. The van der Waals surface area contributed by atoms with Gasteiger partial charge >= 0.3 is 0 Å². The Morgan fingerprint density at radius 2 is 1.93 bits per heavy atom. The normalized spacial score (nSPS) is 19.0. The highest BCUT2D eigenvalue weighted by Gasteiger charge is 2.44. The van der Waals surface area contributed by atoms with E-state index in [4.69, 9.17) is 14.9 Å². The molecule has 0 saturated heterocycles. The van der Waals surface area contributed by atoms with E-state index in [1.165, 1.54) is 11.3 Å². The van der Waals surface area contributed by atoms with Gasteiger partial charge in [-0.05, 0) is 38.0 Å². The van der Waals surface area contributed by atoms with E-state index in [-0.39, 0.29) is 0 Å². The van der Waals surface area contributed by atoms with Gasteiger partial charge in [-0.2, -0.15) is 14.7 Å². The van der Waals surface area contributed by atoms with Crippen molar-refractivity contribution in [1.29, 1.82) is 0 Å². The summed E-state index contributed by atoms with van der Waals surface area (Å²) in [5, 5.41) is 27.6. The highest BCUT2D eigenvalue weighted by atomic mass is 32.1. The standard InChI is InChI=1S/C17H18N8OS/c1-8-5-13(23-25-9(2)18-19-15(8)25)14-7-12(22-24(14)3)10-6-11(10)16-20-21-17(26-4)27-16/h5,7,10-11H,6H2,1-4H3. The van der Waals surface area contributed by atoms with Gasteiger partial charge in [0.2, 0.25) is 0 Å². The van der Waals surface area contributed by atoms with Crippen LogP contribution in [0.3, 0.4) is 0 Å². The zero-order chi connectivity index (χ0) is 18.7. The zero-order valence-corrected chi connectivity index (χ0v) is 16.2. The lowest BCUT2D eigenvalue weighted by molar-refractivity contribution is 0.407. The van der Waals surface area contributed by atoms with Gasteiger partial charge in [0.1, 0.15) is 10.7 Å². The van der Waals surface area contributed by atoms with Crippen LogP contribution in [-0.2, 0) is 7.05 Å². The van der Waals surface area contributed by atoms with Crippen LogP contribution in [0, 0.1) is 13.8 Å². The molecule has 0 amide bonds. The van der Waals surface area contributed by atoms with Crippen LogP contribution in [0.4, 0.5) is 0 Å². The van der Waals surface area contributed by atoms with Gasteiger partial charge in [0.25, 0.3) is 5.19 Å². The molecule has 1 fully saturated rings. The van der Waals surface area contributed by atoms with Crippen molar-refractivity contribution in [1.82, 2.24) is 39.8 Å². The van der Waals surface area contributed by atoms with Crippen molar-refractivity contribution in [2.75, 3.05) is 7.11 Å². The Hall–Kier alpha value is -2.88. The number of methoxy groups -OCH3 is 1. The first-order chi connectivity index (χ1) is 13.0. The molecule has 10 heteroatoms. The van der Waals surface area contributed by atoms with Gasteiger partial charge < -0.3 is 4.74 Å². The summed E-state index contributed by atoms with van der Waals surface area (Å²) < 4.78 is 8.82. The summed E-state index contributed by atoms with van der Waals surface area (Å²) in [6, 6.07) is 4.15. The number of ether oxygens (including phenoxy) is 1. The minimum atomic E-state index is 0.365. The first-order valence-electron chi connectivity index (χ1n) is 8.66. The average molecular weight is 382 g/mol. The largest absolute Gasteiger partial charge is 0.472 e. The van der Waals surface area contributed by atoms with Gasteiger partial charge in [-0.15, -0.1) is 20.4 Å². The third kappa shape index (κ3) is 2.59. The van der Waals surface area contributed by atoms with Gasteiger partial charge in [-0.1, -0.05) is 11.3 Å². The molecule has 0 spiro atoms. The van der Waals surface area contributed by atoms with Crippen molar-refractivity contribution in [3.8, 4) is 16.6 Å². The summed E-state index contributed by atoms with van der Waals surface area (Å²) in [7, 11) is 3.56. The van der Waals surface area contributed by atoms with E-state index < -0.39 is 0 Å². The third-order valence-corrected chi connectivity index (χ3v) is 5.97. The molecule has 0 radical (unpaired) electrons. The maximum atomic E-state index is 5.15. The number of nitrogens with zero attached hydrogens (tertiary/aromatic N) is 8. The fourth-order valence-corrected chi connectivity index (χ4v) is 4.25. The molecule has 1 aliphatic carbocycles. The smallest absolute Gasteiger partial charge is 0.293 e. The lowest BCUT2D eigenvalue weighted by atomic mass is 10.2. The Kier molecular flexibility index (Phi) is 3.51. The Morgan fingerprint density at radius 3 is 2.70 bits per heavy atom. The Balaban J connectivity index is 1.48. The van der Waals surface area contributed by atoms with Crippen molar-refractivity contribution in [3.63, 3.8) is 0 Å². The lowest BCUT2D eigenvalue weighted by Gasteiger charge is -2.04. The van der Waals surface area contributed by atoms with Crippen LogP contribution in [0.1, 0.15) is 40.3 Å². The lowest BCUT2D eigenvalue weighted by Crippen LogP contribution is -2.02. The van der Waals surface area contributed by atoms with Gasteiger partial charge in [0.05, 0.1) is 18.5 Å². The number of aryl methyl sites for hydroxylation is 3. The number of hydrogen-bond donors (Lipinski definition) is 0. The van der Waals surface area contributed by atoms with E-state index in [9.17, 15) is 0 Å².